The minimum absolute atomic E-state index is 0.171. The maximum absolute atomic E-state index is 9.88. The van der Waals surface area contributed by atoms with E-state index in [1.807, 2.05) is 0 Å². The minimum atomic E-state index is -0.579. The molecule has 1 aromatic rings. The van der Waals surface area contributed by atoms with Gasteiger partial charge in [-0.2, -0.15) is 0 Å². The Kier molecular flexibility index (Phi) is 5.19. The molecule has 0 heterocycles. The second kappa shape index (κ2) is 6.52. The lowest BCUT2D eigenvalue weighted by Crippen LogP contribution is -2.33. The monoisotopic (exact) mass is 317 g/mol. The van der Waals surface area contributed by atoms with Crippen molar-refractivity contribution >= 4 is 23.2 Å². The average molecular weight is 318 g/mol. The first-order valence-corrected chi connectivity index (χ1v) is 7.61. The Labute approximate surface area is 130 Å². The van der Waals surface area contributed by atoms with Crippen molar-refractivity contribution in [2.45, 2.75) is 26.4 Å². The van der Waals surface area contributed by atoms with Gasteiger partial charge in [0.05, 0.1) is 10.0 Å². The summed E-state index contributed by atoms with van der Waals surface area (Å²) < 4.78 is 5.49. The summed E-state index contributed by atoms with van der Waals surface area (Å²) in [6.07, 6.45) is 0.672. The van der Waals surface area contributed by atoms with E-state index in [0.717, 1.165) is 6.54 Å². The van der Waals surface area contributed by atoms with Crippen molar-refractivity contribution in [2.75, 3.05) is 19.7 Å². The van der Waals surface area contributed by atoms with Crippen LogP contribution in [0.1, 0.15) is 20.3 Å². The fraction of sp³-hybridized carbons (Fsp3) is 0.600. The van der Waals surface area contributed by atoms with Crippen molar-refractivity contribution in [2.24, 2.45) is 11.3 Å². The zero-order chi connectivity index (χ0) is 14.8. The molecule has 0 aliphatic heterocycles. The number of ether oxygens (including phenoxy) is 1. The van der Waals surface area contributed by atoms with Gasteiger partial charge in [0.25, 0.3) is 0 Å². The Morgan fingerprint density at radius 3 is 2.55 bits per heavy atom. The summed E-state index contributed by atoms with van der Waals surface area (Å²) in [4.78, 5) is 0. The smallest absolute Gasteiger partial charge is 0.156 e. The molecule has 0 saturated heterocycles. The Balaban J connectivity index is 1.68. The molecule has 2 rings (SSSR count). The summed E-state index contributed by atoms with van der Waals surface area (Å²) >= 11 is 12.0. The number of aliphatic hydroxyl groups is 1. The Morgan fingerprint density at radius 1 is 1.40 bits per heavy atom. The highest BCUT2D eigenvalue weighted by molar-refractivity contribution is 6.37. The van der Waals surface area contributed by atoms with Crippen LogP contribution in [0, 0.1) is 11.3 Å². The van der Waals surface area contributed by atoms with E-state index in [1.165, 1.54) is 6.42 Å². The predicted octanol–water partition coefficient (Wildman–Crippen LogP) is 3.37. The average Bonchev–Trinajstić information content (AvgIpc) is 2.96. The van der Waals surface area contributed by atoms with Crippen LogP contribution in [0.15, 0.2) is 18.2 Å². The van der Waals surface area contributed by atoms with Gasteiger partial charge in [-0.3, -0.25) is 0 Å². The number of para-hydroxylation sites is 1. The summed E-state index contributed by atoms with van der Waals surface area (Å²) in [5.41, 5.74) is 0.458. The third-order valence-corrected chi connectivity index (χ3v) is 4.42. The van der Waals surface area contributed by atoms with Crippen LogP contribution in [0.4, 0.5) is 0 Å². The standard InChI is InChI=1S/C15H21Cl2NO2/c1-15(2)6-10(15)7-18-8-11(19)9-20-14-12(16)4-3-5-13(14)17/h3-5,10-11,18-19H,6-9H2,1-2H3. The lowest BCUT2D eigenvalue weighted by Gasteiger charge is -2.15. The molecule has 1 aliphatic carbocycles. The third kappa shape index (κ3) is 4.26. The largest absolute Gasteiger partial charge is 0.488 e. The fourth-order valence-corrected chi connectivity index (χ4v) is 2.71. The highest BCUT2D eigenvalue weighted by Crippen LogP contribution is 2.50. The zero-order valence-electron chi connectivity index (χ0n) is 11.8. The third-order valence-electron chi connectivity index (χ3n) is 3.83. The maximum atomic E-state index is 9.88. The van der Waals surface area contributed by atoms with Gasteiger partial charge in [-0.15, -0.1) is 0 Å². The highest BCUT2D eigenvalue weighted by atomic mass is 35.5. The Morgan fingerprint density at radius 2 is 2.00 bits per heavy atom. The molecule has 1 fully saturated rings. The van der Waals surface area contributed by atoms with E-state index < -0.39 is 6.10 Å². The molecule has 0 spiro atoms. The van der Waals surface area contributed by atoms with E-state index in [0.29, 0.717) is 33.7 Å². The van der Waals surface area contributed by atoms with Crippen molar-refractivity contribution in [1.29, 1.82) is 0 Å². The van der Waals surface area contributed by atoms with E-state index >= 15 is 0 Å². The summed E-state index contributed by atoms with van der Waals surface area (Å²) in [6, 6.07) is 5.18. The van der Waals surface area contributed by atoms with Crippen LogP contribution in [0.2, 0.25) is 10.0 Å². The van der Waals surface area contributed by atoms with Gasteiger partial charge in [-0.1, -0.05) is 43.1 Å². The Bertz CT molecular complexity index is 445. The summed E-state index contributed by atoms with van der Waals surface area (Å²) in [5.74, 6) is 1.15. The van der Waals surface area contributed by atoms with Gasteiger partial charge in [0.15, 0.2) is 5.75 Å². The molecule has 112 valence electrons. The van der Waals surface area contributed by atoms with Crippen LogP contribution in [-0.2, 0) is 0 Å². The molecule has 20 heavy (non-hydrogen) atoms. The van der Waals surface area contributed by atoms with Crippen LogP contribution < -0.4 is 10.1 Å². The van der Waals surface area contributed by atoms with E-state index in [4.69, 9.17) is 27.9 Å². The van der Waals surface area contributed by atoms with E-state index in [9.17, 15) is 5.11 Å². The van der Waals surface area contributed by atoms with Gasteiger partial charge in [-0.25, -0.2) is 0 Å². The molecule has 0 amide bonds. The van der Waals surface area contributed by atoms with Crippen LogP contribution >= 0.6 is 23.2 Å². The van der Waals surface area contributed by atoms with Gasteiger partial charge in [0, 0.05) is 6.54 Å². The van der Waals surface area contributed by atoms with Gasteiger partial charge in [0.1, 0.15) is 12.7 Å². The van der Waals surface area contributed by atoms with Crippen molar-refractivity contribution in [3.8, 4) is 5.75 Å². The zero-order valence-corrected chi connectivity index (χ0v) is 13.3. The number of hydrogen-bond donors (Lipinski definition) is 2. The molecule has 2 atom stereocenters. The topological polar surface area (TPSA) is 41.5 Å². The fourth-order valence-electron chi connectivity index (χ4n) is 2.21. The second-order valence-electron chi connectivity index (χ2n) is 6.06. The van der Waals surface area contributed by atoms with Crippen LogP contribution in [0.3, 0.4) is 0 Å². The van der Waals surface area contributed by atoms with Crippen LogP contribution in [-0.4, -0.2) is 30.9 Å². The first-order chi connectivity index (χ1) is 9.40. The quantitative estimate of drug-likeness (QED) is 0.810. The number of halogens is 2. The van der Waals surface area contributed by atoms with Crippen molar-refractivity contribution in [3.05, 3.63) is 28.2 Å². The molecule has 2 unspecified atom stereocenters. The van der Waals surface area contributed by atoms with Crippen molar-refractivity contribution in [1.82, 2.24) is 5.32 Å². The summed E-state index contributed by atoms with van der Waals surface area (Å²) in [5, 5.41) is 14.1. The molecule has 0 aromatic heterocycles. The molecule has 1 aromatic carbocycles. The summed E-state index contributed by atoms with van der Waals surface area (Å²) in [7, 11) is 0. The lowest BCUT2D eigenvalue weighted by atomic mass is 10.1. The molecule has 0 bridgehead atoms. The van der Waals surface area contributed by atoms with Gasteiger partial charge >= 0.3 is 0 Å². The highest BCUT2D eigenvalue weighted by Gasteiger charge is 2.44. The summed E-state index contributed by atoms with van der Waals surface area (Å²) in [6.45, 7) is 6.15. The Hall–Kier alpha value is -0.480. The molecule has 3 nitrogen and oxygen atoms in total. The predicted molar refractivity (Wildman–Crippen MR) is 82.7 cm³/mol. The molecule has 5 heteroatoms. The lowest BCUT2D eigenvalue weighted by molar-refractivity contribution is 0.106. The number of hydrogen-bond acceptors (Lipinski definition) is 3. The minimum Gasteiger partial charge on any atom is -0.488 e. The first-order valence-electron chi connectivity index (χ1n) is 6.86. The van der Waals surface area contributed by atoms with E-state index in [1.54, 1.807) is 18.2 Å². The van der Waals surface area contributed by atoms with Crippen LogP contribution in [0.5, 0.6) is 5.75 Å². The number of nitrogens with one attached hydrogen (secondary N) is 1. The molecule has 1 saturated carbocycles. The van der Waals surface area contributed by atoms with Crippen molar-refractivity contribution in [3.63, 3.8) is 0 Å². The van der Waals surface area contributed by atoms with Gasteiger partial charge < -0.3 is 15.2 Å². The molecular weight excluding hydrogens is 297 g/mol. The number of aliphatic hydroxyl groups excluding tert-OH is 1. The van der Waals surface area contributed by atoms with Gasteiger partial charge in [0.2, 0.25) is 0 Å². The maximum Gasteiger partial charge on any atom is 0.156 e. The normalized spacial score (nSPS) is 21.6. The second-order valence-corrected chi connectivity index (χ2v) is 6.88. The first kappa shape index (κ1) is 15.9. The SMILES string of the molecule is CC1(C)CC1CNCC(O)COc1c(Cl)cccc1Cl. The number of rotatable bonds is 7. The van der Waals surface area contributed by atoms with Crippen molar-refractivity contribution < 1.29 is 9.84 Å². The van der Waals surface area contributed by atoms with Crippen LogP contribution in [0.25, 0.3) is 0 Å². The van der Waals surface area contributed by atoms with E-state index in [2.05, 4.69) is 19.2 Å². The van der Waals surface area contributed by atoms with Gasteiger partial charge in [-0.05, 0) is 36.4 Å². The molecular formula is C15H21Cl2NO2. The number of benzene rings is 1. The van der Waals surface area contributed by atoms with E-state index in [-0.39, 0.29) is 6.61 Å². The molecule has 1 aliphatic rings. The molecule has 0 radical (unpaired) electrons. The molecule has 2 N–H and O–H groups in total.